The second-order valence-electron chi connectivity index (χ2n) is 1.82. The zero-order valence-electron chi connectivity index (χ0n) is 7.77. The Kier molecular flexibility index (Phi) is 5.84. The quantitative estimate of drug-likeness (QED) is 0.499. The number of ether oxygens (including phenoxy) is 4. The van der Waals surface area contributed by atoms with Crippen LogP contribution in [0.15, 0.2) is 0 Å². The van der Waals surface area contributed by atoms with Crippen molar-refractivity contribution in [2.75, 3.05) is 13.2 Å². The van der Waals surface area contributed by atoms with Gasteiger partial charge < -0.3 is 18.9 Å². The van der Waals surface area contributed by atoms with E-state index in [1.807, 2.05) is 0 Å². The van der Waals surface area contributed by atoms with Gasteiger partial charge in [0.1, 0.15) is 0 Å². The van der Waals surface area contributed by atoms with E-state index in [4.69, 9.17) is 0 Å². The van der Waals surface area contributed by atoms with Crippen LogP contribution < -0.4 is 0 Å². The summed E-state index contributed by atoms with van der Waals surface area (Å²) < 4.78 is 16.2. The molecule has 0 heterocycles. The second kappa shape index (κ2) is 6.70. The Hall–Kier alpha value is -1.79. The molecule has 0 aliphatic heterocycles. The SMILES string of the molecule is CCOC(=O)OC(=O)OC(=O)OCC. The molecule has 0 fully saturated rings. The molecule has 0 saturated heterocycles. The van der Waals surface area contributed by atoms with Gasteiger partial charge in [0.25, 0.3) is 0 Å². The first-order valence-electron chi connectivity index (χ1n) is 3.83. The minimum Gasteiger partial charge on any atom is -0.434 e. The molecule has 14 heavy (non-hydrogen) atoms. The first-order chi connectivity index (χ1) is 6.60. The summed E-state index contributed by atoms with van der Waals surface area (Å²) in [5, 5.41) is 0. The van der Waals surface area contributed by atoms with Crippen LogP contribution in [0.3, 0.4) is 0 Å². The third-order valence-electron chi connectivity index (χ3n) is 0.858. The van der Waals surface area contributed by atoms with Crippen LogP contribution in [0.25, 0.3) is 0 Å². The molecule has 0 saturated carbocycles. The summed E-state index contributed by atoms with van der Waals surface area (Å²) in [4.78, 5) is 31.6. The van der Waals surface area contributed by atoms with E-state index >= 15 is 0 Å². The summed E-state index contributed by atoms with van der Waals surface area (Å²) >= 11 is 0. The molecule has 7 heteroatoms. The molecular weight excluding hydrogens is 196 g/mol. The van der Waals surface area contributed by atoms with Gasteiger partial charge in [-0.3, -0.25) is 0 Å². The Bertz CT molecular complexity index is 200. The highest BCUT2D eigenvalue weighted by Crippen LogP contribution is 1.93. The summed E-state index contributed by atoms with van der Waals surface area (Å²) in [7, 11) is 0. The van der Waals surface area contributed by atoms with Crippen LogP contribution in [0.4, 0.5) is 14.4 Å². The summed E-state index contributed by atoms with van der Waals surface area (Å²) in [5.41, 5.74) is 0. The summed E-state index contributed by atoms with van der Waals surface area (Å²) in [5.74, 6) is 0. The molecule has 0 spiro atoms. The van der Waals surface area contributed by atoms with Crippen molar-refractivity contribution in [2.24, 2.45) is 0 Å². The van der Waals surface area contributed by atoms with Gasteiger partial charge in [-0.15, -0.1) is 0 Å². The van der Waals surface area contributed by atoms with Crippen molar-refractivity contribution in [1.82, 2.24) is 0 Å². The maximum atomic E-state index is 10.6. The molecule has 0 aliphatic carbocycles. The third kappa shape index (κ3) is 5.81. The lowest BCUT2D eigenvalue weighted by molar-refractivity contribution is 0.0312. The van der Waals surface area contributed by atoms with E-state index in [0.717, 1.165) is 0 Å². The van der Waals surface area contributed by atoms with Crippen LogP contribution in [0.1, 0.15) is 13.8 Å². The van der Waals surface area contributed by atoms with Gasteiger partial charge in [-0.05, 0) is 13.8 Å². The highest BCUT2D eigenvalue weighted by atomic mass is 16.9. The Labute approximate surface area is 79.9 Å². The summed E-state index contributed by atoms with van der Waals surface area (Å²) in [6.45, 7) is 3.15. The molecule has 0 atom stereocenters. The van der Waals surface area contributed by atoms with Gasteiger partial charge in [0.2, 0.25) is 0 Å². The van der Waals surface area contributed by atoms with Crippen LogP contribution in [-0.4, -0.2) is 31.7 Å². The number of carbonyl (C=O) groups is 3. The number of rotatable bonds is 2. The smallest absolute Gasteiger partial charge is 0.434 e. The Morgan fingerprint density at radius 3 is 1.43 bits per heavy atom. The van der Waals surface area contributed by atoms with E-state index in [1.165, 1.54) is 13.8 Å². The lowest BCUT2D eigenvalue weighted by atomic mass is 10.9. The highest BCUT2D eigenvalue weighted by Gasteiger charge is 2.17. The van der Waals surface area contributed by atoms with Crippen LogP contribution >= 0.6 is 0 Å². The molecule has 0 aromatic heterocycles. The fourth-order valence-electron chi connectivity index (χ4n) is 0.452. The van der Waals surface area contributed by atoms with E-state index < -0.39 is 18.5 Å². The van der Waals surface area contributed by atoms with Gasteiger partial charge in [0, 0.05) is 0 Å². The molecule has 7 nitrogen and oxygen atoms in total. The Balaban J connectivity index is 3.75. The van der Waals surface area contributed by atoms with Gasteiger partial charge in [-0.2, -0.15) is 0 Å². The zero-order valence-corrected chi connectivity index (χ0v) is 7.77. The number of hydrogen-bond donors (Lipinski definition) is 0. The summed E-state index contributed by atoms with van der Waals surface area (Å²) in [6, 6.07) is 0. The average molecular weight is 206 g/mol. The van der Waals surface area contributed by atoms with Crippen molar-refractivity contribution in [2.45, 2.75) is 13.8 Å². The molecule has 0 rings (SSSR count). The van der Waals surface area contributed by atoms with Crippen molar-refractivity contribution >= 4 is 18.5 Å². The number of carbonyl (C=O) groups excluding carboxylic acids is 3. The summed E-state index contributed by atoms with van der Waals surface area (Å²) in [6.07, 6.45) is -3.95. The van der Waals surface area contributed by atoms with Crippen molar-refractivity contribution in [1.29, 1.82) is 0 Å². The maximum Gasteiger partial charge on any atom is 0.528 e. The minimum atomic E-state index is -1.48. The minimum absolute atomic E-state index is 0.0471. The number of hydrogen-bond acceptors (Lipinski definition) is 7. The second-order valence-corrected chi connectivity index (χ2v) is 1.82. The van der Waals surface area contributed by atoms with Crippen molar-refractivity contribution in [3.05, 3.63) is 0 Å². The molecule has 0 amide bonds. The fraction of sp³-hybridized carbons (Fsp3) is 0.571. The van der Waals surface area contributed by atoms with Gasteiger partial charge in [-0.1, -0.05) is 0 Å². The third-order valence-corrected chi connectivity index (χ3v) is 0.858. The molecule has 0 radical (unpaired) electrons. The monoisotopic (exact) mass is 206 g/mol. The first kappa shape index (κ1) is 12.2. The maximum absolute atomic E-state index is 10.6. The zero-order chi connectivity index (χ0) is 11.0. The molecule has 0 aromatic rings. The molecule has 0 bridgehead atoms. The molecular formula is C7H10O7. The van der Waals surface area contributed by atoms with E-state index in [0.29, 0.717) is 0 Å². The highest BCUT2D eigenvalue weighted by molar-refractivity contribution is 5.83. The molecule has 0 aromatic carbocycles. The topological polar surface area (TPSA) is 88.1 Å². The lowest BCUT2D eigenvalue weighted by Gasteiger charge is -2.02. The van der Waals surface area contributed by atoms with Crippen LogP contribution in [0, 0.1) is 0 Å². The molecule has 0 unspecified atom stereocenters. The van der Waals surface area contributed by atoms with Crippen LogP contribution in [0.2, 0.25) is 0 Å². The normalized spacial score (nSPS) is 8.71. The first-order valence-corrected chi connectivity index (χ1v) is 3.83. The van der Waals surface area contributed by atoms with E-state index in [2.05, 4.69) is 18.9 Å². The standard InChI is InChI=1S/C7H10O7/c1-3-11-5(8)13-7(10)14-6(9)12-4-2/h3-4H2,1-2H3. The van der Waals surface area contributed by atoms with Crippen molar-refractivity contribution in [3.63, 3.8) is 0 Å². The van der Waals surface area contributed by atoms with Crippen molar-refractivity contribution in [3.8, 4) is 0 Å². The Morgan fingerprint density at radius 1 is 0.786 bits per heavy atom. The average Bonchev–Trinajstić information content (AvgIpc) is 2.03. The fourth-order valence-corrected chi connectivity index (χ4v) is 0.452. The predicted octanol–water partition coefficient (Wildman–Crippen LogP) is 1.45. The van der Waals surface area contributed by atoms with Crippen LogP contribution in [-0.2, 0) is 18.9 Å². The molecule has 80 valence electrons. The molecule has 0 N–H and O–H groups in total. The van der Waals surface area contributed by atoms with Gasteiger partial charge in [-0.25, -0.2) is 14.4 Å². The van der Waals surface area contributed by atoms with E-state index in [1.54, 1.807) is 0 Å². The van der Waals surface area contributed by atoms with Gasteiger partial charge in [0.05, 0.1) is 13.2 Å². The Morgan fingerprint density at radius 2 is 1.14 bits per heavy atom. The van der Waals surface area contributed by atoms with E-state index in [9.17, 15) is 14.4 Å². The lowest BCUT2D eigenvalue weighted by Crippen LogP contribution is -2.19. The van der Waals surface area contributed by atoms with Crippen molar-refractivity contribution < 1.29 is 33.3 Å². The van der Waals surface area contributed by atoms with Gasteiger partial charge >= 0.3 is 18.5 Å². The molecule has 0 aliphatic rings. The predicted molar refractivity (Wildman–Crippen MR) is 41.6 cm³/mol. The van der Waals surface area contributed by atoms with Gasteiger partial charge in [0.15, 0.2) is 0 Å². The van der Waals surface area contributed by atoms with Crippen LogP contribution in [0.5, 0.6) is 0 Å². The largest absolute Gasteiger partial charge is 0.528 e. The van der Waals surface area contributed by atoms with E-state index in [-0.39, 0.29) is 13.2 Å².